The summed E-state index contributed by atoms with van der Waals surface area (Å²) in [6.07, 6.45) is -2.68. The summed E-state index contributed by atoms with van der Waals surface area (Å²) in [5, 5.41) is 2.22. The smallest absolute Gasteiger partial charge is 0.352 e. The maximum absolute atomic E-state index is 14.7. The minimum absolute atomic E-state index is 0.0345. The zero-order valence-corrected chi connectivity index (χ0v) is 24.5. The van der Waals surface area contributed by atoms with Crippen molar-refractivity contribution < 1.29 is 18.0 Å². The van der Waals surface area contributed by atoms with Crippen LogP contribution in [0.1, 0.15) is 39.7 Å². The monoisotopic (exact) mass is 598 g/mol. The number of amides is 1. The lowest BCUT2D eigenvalue weighted by Gasteiger charge is -2.44. The van der Waals surface area contributed by atoms with Crippen molar-refractivity contribution in [3.63, 3.8) is 0 Å². The quantitative estimate of drug-likeness (QED) is 0.218. The standard InChI is InChI=1S/C27H30ClF3N4O2S2/c1-6-9-38-24-22(20-10-17(28)14-39-20)19(27(29,30)31)11-18-23(24)34(8-3)26(37)32-25(18)33-12-15(4)35(16(5)13-33)21(36)7-2/h7,10-11,14-16H,2,6,8-9,12-13H2,1,3-5H3. The molecule has 1 aliphatic rings. The number of nitrogens with zero attached hydrogens (tertiary/aromatic N) is 4. The molecule has 0 aliphatic carbocycles. The van der Waals surface area contributed by atoms with Crippen LogP contribution in [0.25, 0.3) is 21.3 Å². The number of benzene rings is 1. The predicted molar refractivity (Wildman–Crippen MR) is 154 cm³/mol. The zero-order valence-electron chi connectivity index (χ0n) is 22.1. The van der Waals surface area contributed by atoms with Gasteiger partial charge in [0.25, 0.3) is 0 Å². The highest BCUT2D eigenvalue weighted by molar-refractivity contribution is 7.99. The molecule has 2 aromatic heterocycles. The molecule has 2 atom stereocenters. The number of carbonyl (C=O) groups excluding carboxylic acids is 1. The number of rotatable bonds is 7. The molecular weight excluding hydrogens is 569 g/mol. The van der Waals surface area contributed by atoms with Crippen molar-refractivity contribution in [3.8, 4) is 10.4 Å². The molecule has 3 aromatic rings. The first-order valence-electron chi connectivity index (χ1n) is 12.7. The average Bonchev–Trinajstić information content (AvgIpc) is 3.30. The van der Waals surface area contributed by atoms with Gasteiger partial charge in [-0.25, -0.2) is 4.79 Å². The Morgan fingerprint density at radius 2 is 1.92 bits per heavy atom. The molecule has 0 bridgehead atoms. The normalized spacial score (nSPS) is 18.2. The number of thioether (sulfide) groups is 1. The lowest BCUT2D eigenvalue weighted by Crippen LogP contribution is -2.58. The number of hydrogen-bond acceptors (Lipinski definition) is 6. The van der Waals surface area contributed by atoms with Gasteiger partial charge >= 0.3 is 11.9 Å². The maximum Gasteiger partial charge on any atom is 0.417 e. The van der Waals surface area contributed by atoms with Crippen molar-refractivity contribution in [3.05, 3.63) is 51.2 Å². The summed E-state index contributed by atoms with van der Waals surface area (Å²) in [6, 6.07) is 2.12. The van der Waals surface area contributed by atoms with Crippen LogP contribution < -0.4 is 10.6 Å². The number of fused-ring (bicyclic) bond motifs is 1. The molecule has 2 unspecified atom stereocenters. The molecule has 4 rings (SSSR count). The number of anilines is 1. The van der Waals surface area contributed by atoms with Crippen LogP contribution in [0.5, 0.6) is 0 Å². The van der Waals surface area contributed by atoms with Gasteiger partial charge in [-0.2, -0.15) is 18.2 Å². The van der Waals surface area contributed by atoms with Crippen LogP contribution in [-0.4, -0.2) is 51.3 Å². The molecule has 1 saturated heterocycles. The first-order chi connectivity index (χ1) is 18.4. The third-order valence-electron chi connectivity index (χ3n) is 6.73. The fraction of sp³-hybridized carbons (Fsp3) is 0.444. The van der Waals surface area contributed by atoms with Crippen LogP contribution in [0.2, 0.25) is 5.02 Å². The molecule has 0 saturated carbocycles. The van der Waals surface area contributed by atoms with E-state index in [4.69, 9.17) is 11.6 Å². The second-order valence-electron chi connectivity index (χ2n) is 9.51. The molecule has 6 nitrogen and oxygen atoms in total. The molecule has 3 heterocycles. The van der Waals surface area contributed by atoms with E-state index in [1.807, 2.05) is 25.7 Å². The number of aromatic nitrogens is 2. The molecule has 0 radical (unpaired) electrons. The average molecular weight is 599 g/mol. The molecule has 12 heteroatoms. The summed E-state index contributed by atoms with van der Waals surface area (Å²) < 4.78 is 45.6. The summed E-state index contributed by atoms with van der Waals surface area (Å²) >= 11 is 8.60. The first-order valence-corrected chi connectivity index (χ1v) is 14.9. The highest BCUT2D eigenvalue weighted by atomic mass is 35.5. The lowest BCUT2D eigenvalue weighted by molar-refractivity contribution is -0.137. The highest BCUT2D eigenvalue weighted by Gasteiger charge is 2.39. The van der Waals surface area contributed by atoms with E-state index >= 15 is 0 Å². The number of aryl methyl sites for hydroxylation is 1. The van der Waals surface area contributed by atoms with Crippen LogP contribution in [0.3, 0.4) is 0 Å². The zero-order chi connectivity index (χ0) is 28.6. The molecule has 0 spiro atoms. The van der Waals surface area contributed by atoms with Crippen LogP contribution >= 0.6 is 34.7 Å². The fourth-order valence-corrected chi connectivity index (χ4v) is 7.55. The summed E-state index contributed by atoms with van der Waals surface area (Å²) in [5.74, 6) is 0.545. The van der Waals surface area contributed by atoms with Crippen LogP contribution in [0, 0.1) is 0 Å². The second kappa shape index (κ2) is 11.5. The molecule has 210 valence electrons. The molecule has 1 amide bonds. The molecule has 1 fully saturated rings. The summed E-state index contributed by atoms with van der Waals surface area (Å²) in [4.78, 5) is 34.4. The Kier molecular flexibility index (Phi) is 8.73. The van der Waals surface area contributed by atoms with Gasteiger partial charge < -0.3 is 9.80 Å². The van der Waals surface area contributed by atoms with Crippen LogP contribution in [0.15, 0.2) is 39.9 Å². The SMILES string of the molecule is C=CC(=O)N1C(C)CN(c2nc(=O)n(CC)c3c(SCCC)c(-c4cc(Cl)cs4)c(C(F)(F)F)cc23)CC1C. The Morgan fingerprint density at radius 1 is 1.26 bits per heavy atom. The fourth-order valence-electron chi connectivity index (χ4n) is 5.22. The Morgan fingerprint density at radius 3 is 2.44 bits per heavy atom. The molecule has 0 N–H and O–H groups in total. The minimum atomic E-state index is -4.67. The van der Waals surface area contributed by atoms with E-state index in [-0.39, 0.29) is 41.3 Å². The Bertz CT molecular complexity index is 1460. The highest BCUT2D eigenvalue weighted by Crippen LogP contribution is 2.49. The van der Waals surface area contributed by atoms with Crippen molar-refractivity contribution in [2.45, 2.75) is 63.8 Å². The van der Waals surface area contributed by atoms with E-state index in [0.29, 0.717) is 39.2 Å². The Hall–Kier alpha value is -2.50. The van der Waals surface area contributed by atoms with Gasteiger partial charge in [-0.15, -0.1) is 23.1 Å². The minimum Gasteiger partial charge on any atom is -0.352 e. The largest absolute Gasteiger partial charge is 0.417 e. The number of piperazine rings is 1. The van der Waals surface area contributed by atoms with Crippen molar-refractivity contribution in [2.75, 3.05) is 23.7 Å². The second-order valence-corrected chi connectivity index (χ2v) is 12.0. The third kappa shape index (κ3) is 5.58. The summed E-state index contributed by atoms with van der Waals surface area (Å²) in [6.45, 7) is 11.9. The molecule has 39 heavy (non-hydrogen) atoms. The Labute approximate surface area is 238 Å². The van der Waals surface area contributed by atoms with Gasteiger partial charge in [-0.1, -0.05) is 25.1 Å². The van der Waals surface area contributed by atoms with Gasteiger partial charge in [-0.3, -0.25) is 9.36 Å². The van der Waals surface area contributed by atoms with Crippen molar-refractivity contribution >= 4 is 57.3 Å². The number of carbonyl (C=O) groups is 1. The summed E-state index contributed by atoms with van der Waals surface area (Å²) in [5.41, 5.74) is -0.855. The van der Waals surface area contributed by atoms with E-state index in [2.05, 4.69) is 11.6 Å². The van der Waals surface area contributed by atoms with Gasteiger partial charge in [0.1, 0.15) is 5.82 Å². The third-order valence-corrected chi connectivity index (χ3v) is 9.33. The molecule has 1 aromatic carbocycles. The molecular formula is C27H30ClF3N4O2S2. The number of hydrogen-bond donors (Lipinski definition) is 0. The summed E-state index contributed by atoms with van der Waals surface area (Å²) in [7, 11) is 0. The van der Waals surface area contributed by atoms with Gasteiger partial charge in [-0.05, 0) is 51.2 Å². The predicted octanol–water partition coefficient (Wildman–Crippen LogP) is 6.93. The van der Waals surface area contributed by atoms with Crippen molar-refractivity contribution in [1.29, 1.82) is 0 Å². The van der Waals surface area contributed by atoms with Crippen molar-refractivity contribution in [2.24, 2.45) is 0 Å². The van der Waals surface area contributed by atoms with Crippen LogP contribution in [-0.2, 0) is 17.5 Å². The molecule has 1 aliphatic heterocycles. The van der Waals surface area contributed by atoms with Gasteiger partial charge in [0.05, 0.1) is 16.1 Å². The number of alkyl halides is 3. The van der Waals surface area contributed by atoms with E-state index in [9.17, 15) is 22.8 Å². The number of thiophene rings is 1. The van der Waals surface area contributed by atoms with Crippen molar-refractivity contribution in [1.82, 2.24) is 14.5 Å². The van der Waals surface area contributed by atoms with Gasteiger partial charge in [0.2, 0.25) is 5.91 Å². The van der Waals surface area contributed by atoms with Crippen LogP contribution in [0.4, 0.5) is 19.0 Å². The van der Waals surface area contributed by atoms with Gasteiger partial charge in [0.15, 0.2) is 0 Å². The van der Waals surface area contributed by atoms with E-state index in [0.717, 1.165) is 23.8 Å². The topological polar surface area (TPSA) is 58.4 Å². The first kappa shape index (κ1) is 29.5. The maximum atomic E-state index is 14.7. The lowest BCUT2D eigenvalue weighted by atomic mass is 10.0. The van der Waals surface area contributed by atoms with E-state index in [1.54, 1.807) is 17.2 Å². The van der Waals surface area contributed by atoms with E-state index in [1.165, 1.54) is 28.5 Å². The number of halogens is 4. The Balaban J connectivity index is 2.07. The van der Waals surface area contributed by atoms with E-state index < -0.39 is 17.4 Å². The van der Waals surface area contributed by atoms with Gasteiger partial charge in [0, 0.05) is 57.8 Å².